The highest BCUT2D eigenvalue weighted by Crippen LogP contribution is 2.28. The van der Waals surface area contributed by atoms with E-state index in [-0.39, 0.29) is 5.91 Å². The Morgan fingerprint density at radius 1 is 1.08 bits per heavy atom. The third kappa shape index (κ3) is 3.05. The number of nitrogens with one attached hydrogen (secondary N) is 1. The van der Waals surface area contributed by atoms with E-state index in [1.807, 2.05) is 37.4 Å². The minimum atomic E-state index is -0.235. The van der Waals surface area contributed by atoms with Crippen LogP contribution in [-0.2, 0) is 0 Å². The lowest BCUT2D eigenvalue weighted by molar-refractivity contribution is 0.102. The SMILES string of the molecule is Cc1ccc(-c2nc3ncccn3c2NC(=O)c2ccc(Cl)cc2)cc1. The first-order valence-corrected chi connectivity index (χ1v) is 8.46. The molecule has 0 aliphatic carbocycles. The Hall–Kier alpha value is -3.18. The van der Waals surface area contributed by atoms with E-state index in [2.05, 4.69) is 15.3 Å². The van der Waals surface area contributed by atoms with Crippen molar-refractivity contribution in [1.82, 2.24) is 14.4 Å². The van der Waals surface area contributed by atoms with Gasteiger partial charge >= 0.3 is 0 Å². The van der Waals surface area contributed by atoms with Crippen LogP contribution in [-0.4, -0.2) is 20.3 Å². The molecule has 0 saturated carbocycles. The van der Waals surface area contributed by atoms with Gasteiger partial charge in [0.05, 0.1) is 0 Å². The van der Waals surface area contributed by atoms with Gasteiger partial charge in [0, 0.05) is 28.5 Å². The van der Waals surface area contributed by atoms with Gasteiger partial charge in [0.2, 0.25) is 5.78 Å². The first-order valence-electron chi connectivity index (χ1n) is 8.09. The molecule has 128 valence electrons. The predicted molar refractivity (Wildman–Crippen MR) is 103 cm³/mol. The number of rotatable bonds is 3. The first-order chi connectivity index (χ1) is 12.6. The Kier molecular flexibility index (Phi) is 4.14. The summed E-state index contributed by atoms with van der Waals surface area (Å²) in [7, 11) is 0. The molecule has 0 bridgehead atoms. The summed E-state index contributed by atoms with van der Waals surface area (Å²) in [4.78, 5) is 21.6. The highest BCUT2D eigenvalue weighted by Gasteiger charge is 2.17. The maximum atomic E-state index is 12.7. The van der Waals surface area contributed by atoms with E-state index < -0.39 is 0 Å². The lowest BCUT2D eigenvalue weighted by Gasteiger charge is -2.08. The average Bonchev–Trinajstić information content (AvgIpc) is 3.01. The first kappa shape index (κ1) is 16.3. The Balaban J connectivity index is 1.79. The highest BCUT2D eigenvalue weighted by atomic mass is 35.5. The van der Waals surface area contributed by atoms with Crippen LogP contribution >= 0.6 is 11.6 Å². The zero-order valence-corrected chi connectivity index (χ0v) is 14.7. The van der Waals surface area contributed by atoms with Gasteiger partial charge in [-0.15, -0.1) is 0 Å². The van der Waals surface area contributed by atoms with E-state index in [9.17, 15) is 4.79 Å². The van der Waals surface area contributed by atoms with Crippen LogP contribution in [0.1, 0.15) is 15.9 Å². The van der Waals surface area contributed by atoms with E-state index in [1.165, 1.54) is 0 Å². The van der Waals surface area contributed by atoms with Crippen LogP contribution < -0.4 is 5.32 Å². The highest BCUT2D eigenvalue weighted by molar-refractivity contribution is 6.30. The summed E-state index contributed by atoms with van der Waals surface area (Å²) < 4.78 is 1.77. The molecule has 26 heavy (non-hydrogen) atoms. The molecule has 0 unspecified atom stereocenters. The number of amides is 1. The Labute approximate surface area is 155 Å². The zero-order chi connectivity index (χ0) is 18.1. The number of benzene rings is 2. The monoisotopic (exact) mass is 362 g/mol. The Morgan fingerprint density at radius 2 is 1.81 bits per heavy atom. The molecule has 5 nitrogen and oxygen atoms in total. The number of fused-ring (bicyclic) bond motifs is 1. The molecule has 0 aliphatic rings. The van der Waals surface area contributed by atoms with Gasteiger partial charge in [0.1, 0.15) is 11.5 Å². The summed E-state index contributed by atoms with van der Waals surface area (Å²) in [5, 5.41) is 3.54. The minimum Gasteiger partial charge on any atom is -0.306 e. The number of hydrogen-bond donors (Lipinski definition) is 1. The van der Waals surface area contributed by atoms with Crippen molar-refractivity contribution in [2.45, 2.75) is 6.92 Å². The summed E-state index contributed by atoms with van der Waals surface area (Å²) >= 11 is 5.90. The summed E-state index contributed by atoms with van der Waals surface area (Å²) in [5.74, 6) is 0.868. The fourth-order valence-corrected chi connectivity index (χ4v) is 2.83. The second-order valence-electron chi connectivity index (χ2n) is 5.93. The number of imidazole rings is 1. The minimum absolute atomic E-state index is 0.235. The summed E-state index contributed by atoms with van der Waals surface area (Å²) in [6, 6.07) is 16.5. The Morgan fingerprint density at radius 3 is 2.54 bits per heavy atom. The van der Waals surface area contributed by atoms with Crippen molar-refractivity contribution in [3.05, 3.63) is 83.1 Å². The van der Waals surface area contributed by atoms with Gasteiger partial charge in [0.25, 0.3) is 5.91 Å². The van der Waals surface area contributed by atoms with E-state index >= 15 is 0 Å². The van der Waals surface area contributed by atoms with Crippen molar-refractivity contribution in [2.24, 2.45) is 0 Å². The predicted octanol–water partition coefficient (Wildman–Crippen LogP) is 4.61. The molecule has 2 aromatic heterocycles. The topological polar surface area (TPSA) is 59.3 Å². The fraction of sp³-hybridized carbons (Fsp3) is 0.0500. The lowest BCUT2D eigenvalue weighted by atomic mass is 10.1. The van der Waals surface area contributed by atoms with Crippen molar-refractivity contribution >= 4 is 29.1 Å². The third-order valence-corrected chi connectivity index (χ3v) is 4.32. The molecule has 4 aromatic rings. The summed E-state index contributed by atoms with van der Waals surface area (Å²) in [6.45, 7) is 2.03. The molecule has 2 aromatic carbocycles. The molecule has 0 atom stereocenters. The molecule has 6 heteroatoms. The zero-order valence-electron chi connectivity index (χ0n) is 14.0. The number of nitrogens with zero attached hydrogens (tertiary/aromatic N) is 3. The molecular weight excluding hydrogens is 348 g/mol. The van der Waals surface area contributed by atoms with Crippen LogP contribution in [0.5, 0.6) is 0 Å². The Bertz CT molecular complexity index is 1090. The van der Waals surface area contributed by atoms with Gasteiger partial charge in [-0.25, -0.2) is 9.97 Å². The number of aromatic nitrogens is 3. The lowest BCUT2D eigenvalue weighted by Crippen LogP contribution is -2.14. The fourth-order valence-electron chi connectivity index (χ4n) is 2.70. The number of anilines is 1. The quantitative estimate of drug-likeness (QED) is 0.579. The van der Waals surface area contributed by atoms with E-state index in [0.29, 0.717) is 27.9 Å². The van der Waals surface area contributed by atoms with Crippen LogP contribution in [0.3, 0.4) is 0 Å². The van der Waals surface area contributed by atoms with Crippen molar-refractivity contribution in [3.63, 3.8) is 0 Å². The maximum absolute atomic E-state index is 12.7. The number of aryl methyl sites for hydroxylation is 1. The summed E-state index contributed by atoms with van der Waals surface area (Å²) in [6.07, 6.45) is 3.50. The molecule has 4 rings (SSSR count). The van der Waals surface area contributed by atoms with Crippen molar-refractivity contribution < 1.29 is 4.79 Å². The van der Waals surface area contributed by atoms with Crippen molar-refractivity contribution in [2.75, 3.05) is 5.32 Å². The third-order valence-electron chi connectivity index (χ3n) is 4.07. The van der Waals surface area contributed by atoms with Gasteiger partial charge in [-0.1, -0.05) is 41.4 Å². The van der Waals surface area contributed by atoms with Crippen LogP contribution in [0.2, 0.25) is 5.02 Å². The molecule has 0 spiro atoms. The standard InChI is InChI=1S/C20H15ClN4O/c1-13-3-5-14(6-4-13)17-18(25-12-2-11-22-20(25)23-17)24-19(26)15-7-9-16(21)10-8-15/h2-12H,1H3,(H,24,26). The number of carbonyl (C=O) groups is 1. The second-order valence-corrected chi connectivity index (χ2v) is 6.36. The second kappa shape index (κ2) is 6.61. The molecule has 0 fully saturated rings. The van der Waals surface area contributed by atoms with Crippen LogP contribution in [0.25, 0.3) is 17.0 Å². The molecule has 1 amide bonds. The largest absolute Gasteiger partial charge is 0.306 e. The van der Waals surface area contributed by atoms with Crippen LogP contribution in [0.4, 0.5) is 5.82 Å². The summed E-state index contributed by atoms with van der Waals surface area (Å²) in [5.41, 5.74) is 3.25. The van der Waals surface area contributed by atoms with Crippen LogP contribution in [0, 0.1) is 6.92 Å². The average molecular weight is 363 g/mol. The molecular formula is C20H15ClN4O. The molecule has 0 radical (unpaired) electrons. The van der Waals surface area contributed by atoms with Gasteiger partial charge in [-0.2, -0.15) is 0 Å². The molecule has 2 heterocycles. The van der Waals surface area contributed by atoms with Crippen LogP contribution in [0.15, 0.2) is 67.0 Å². The van der Waals surface area contributed by atoms with Crippen molar-refractivity contribution in [3.8, 4) is 11.3 Å². The number of carbonyl (C=O) groups excluding carboxylic acids is 1. The number of hydrogen-bond acceptors (Lipinski definition) is 3. The molecule has 0 aliphatic heterocycles. The van der Waals surface area contributed by atoms with Crippen molar-refractivity contribution in [1.29, 1.82) is 0 Å². The van der Waals surface area contributed by atoms with Gasteiger partial charge < -0.3 is 5.32 Å². The van der Waals surface area contributed by atoms with E-state index in [1.54, 1.807) is 40.9 Å². The van der Waals surface area contributed by atoms with Gasteiger partial charge in [-0.05, 0) is 37.3 Å². The molecule has 0 saturated heterocycles. The maximum Gasteiger partial charge on any atom is 0.256 e. The number of halogens is 1. The smallest absolute Gasteiger partial charge is 0.256 e. The van der Waals surface area contributed by atoms with Gasteiger partial charge in [0.15, 0.2) is 0 Å². The van der Waals surface area contributed by atoms with E-state index in [4.69, 9.17) is 11.6 Å². The normalized spacial score (nSPS) is 10.8. The van der Waals surface area contributed by atoms with Gasteiger partial charge in [-0.3, -0.25) is 9.20 Å². The van der Waals surface area contributed by atoms with E-state index in [0.717, 1.165) is 11.1 Å². The molecule has 1 N–H and O–H groups in total.